The number of fused-ring (bicyclic) bond motifs is 1. The summed E-state index contributed by atoms with van der Waals surface area (Å²) in [4.78, 5) is 13.9. The molecule has 2 aliphatic rings. The zero-order chi connectivity index (χ0) is 17.6. The van der Waals surface area contributed by atoms with Gasteiger partial charge in [0.2, 0.25) is 0 Å². The number of nitrogens with zero attached hydrogens (tertiary/aromatic N) is 1. The number of aryl methyl sites for hydroxylation is 1. The largest absolute Gasteiger partial charge is 0.393 e. The highest BCUT2D eigenvalue weighted by Crippen LogP contribution is 2.32. The van der Waals surface area contributed by atoms with E-state index in [-0.39, 0.29) is 24.2 Å². The van der Waals surface area contributed by atoms with Crippen molar-refractivity contribution >= 4 is 6.03 Å². The third kappa shape index (κ3) is 4.73. The van der Waals surface area contributed by atoms with Gasteiger partial charge in [-0.2, -0.15) is 0 Å². The number of aliphatic hydroxyl groups excluding tert-OH is 1. The number of hydrogen-bond donors (Lipinski definition) is 2. The van der Waals surface area contributed by atoms with Crippen LogP contribution in [0.2, 0.25) is 0 Å². The molecule has 1 aliphatic carbocycles. The summed E-state index contributed by atoms with van der Waals surface area (Å²) in [7, 11) is 0. The Kier molecular flexibility index (Phi) is 6.32. The van der Waals surface area contributed by atoms with Gasteiger partial charge in [-0.15, -0.1) is 0 Å². The lowest BCUT2D eigenvalue weighted by Gasteiger charge is -2.25. The number of aliphatic hydroxyl groups is 1. The van der Waals surface area contributed by atoms with Crippen molar-refractivity contribution in [3.8, 4) is 0 Å². The number of benzene rings is 1. The van der Waals surface area contributed by atoms with Gasteiger partial charge in [0, 0.05) is 32.2 Å². The minimum absolute atomic E-state index is 0.0221. The van der Waals surface area contributed by atoms with Crippen molar-refractivity contribution < 1.29 is 14.6 Å². The maximum atomic E-state index is 12.1. The van der Waals surface area contributed by atoms with Crippen molar-refractivity contribution in [1.82, 2.24) is 10.2 Å². The van der Waals surface area contributed by atoms with Gasteiger partial charge in [0.25, 0.3) is 0 Å². The highest BCUT2D eigenvalue weighted by Gasteiger charge is 2.28. The van der Waals surface area contributed by atoms with Crippen LogP contribution in [0.3, 0.4) is 0 Å². The number of amides is 2. The van der Waals surface area contributed by atoms with E-state index in [4.69, 9.17) is 4.74 Å². The Morgan fingerprint density at radius 2 is 2.24 bits per heavy atom. The first kappa shape index (κ1) is 18.2. The SMILES string of the molecule is CC(O)C1CCN(C(=O)NCCCOC2CCCc3ccccc32)C1. The summed E-state index contributed by atoms with van der Waals surface area (Å²) >= 11 is 0. The monoisotopic (exact) mass is 346 g/mol. The average Bonchev–Trinajstić information content (AvgIpc) is 3.12. The van der Waals surface area contributed by atoms with Gasteiger partial charge < -0.3 is 20.1 Å². The van der Waals surface area contributed by atoms with Gasteiger partial charge in [-0.1, -0.05) is 24.3 Å². The maximum absolute atomic E-state index is 12.1. The van der Waals surface area contributed by atoms with Gasteiger partial charge >= 0.3 is 6.03 Å². The molecule has 2 N–H and O–H groups in total. The first-order valence-electron chi connectivity index (χ1n) is 9.55. The zero-order valence-corrected chi connectivity index (χ0v) is 15.1. The van der Waals surface area contributed by atoms with Crippen LogP contribution in [0.15, 0.2) is 24.3 Å². The second kappa shape index (κ2) is 8.68. The third-order valence-corrected chi connectivity index (χ3v) is 5.42. The molecule has 3 unspecified atom stereocenters. The first-order valence-corrected chi connectivity index (χ1v) is 9.55. The lowest BCUT2D eigenvalue weighted by atomic mass is 9.89. The minimum atomic E-state index is -0.343. The molecule has 1 aliphatic heterocycles. The molecular formula is C20H30N2O3. The van der Waals surface area contributed by atoms with Crippen LogP contribution in [0, 0.1) is 5.92 Å². The van der Waals surface area contributed by atoms with Crippen molar-refractivity contribution in [1.29, 1.82) is 0 Å². The summed E-state index contributed by atoms with van der Waals surface area (Å²) in [6.07, 6.45) is 4.97. The molecule has 2 amide bonds. The van der Waals surface area contributed by atoms with Crippen LogP contribution < -0.4 is 5.32 Å². The average molecular weight is 346 g/mol. The predicted molar refractivity (Wildman–Crippen MR) is 97.4 cm³/mol. The van der Waals surface area contributed by atoms with Gasteiger partial charge in [-0.25, -0.2) is 4.79 Å². The molecule has 5 nitrogen and oxygen atoms in total. The number of urea groups is 1. The summed E-state index contributed by atoms with van der Waals surface area (Å²) in [6, 6.07) is 8.52. The Labute approximate surface area is 150 Å². The molecule has 0 aromatic heterocycles. The number of hydrogen-bond acceptors (Lipinski definition) is 3. The summed E-state index contributed by atoms with van der Waals surface area (Å²) in [5, 5.41) is 12.6. The van der Waals surface area contributed by atoms with Gasteiger partial charge in [-0.3, -0.25) is 0 Å². The molecule has 0 spiro atoms. The van der Waals surface area contributed by atoms with Crippen LogP contribution >= 0.6 is 0 Å². The Bertz CT molecular complexity index is 576. The number of nitrogens with one attached hydrogen (secondary N) is 1. The number of carbonyl (C=O) groups excluding carboxylic acids is 1. The van der Waals surface area contributed by atoms with Crippen LogP contribution in [0.1, 0.15) is 49.8 Å². The highest BCUT2D eigenvalue weighted by molar-refractivity contribution is 5.74. The van der Waals surface area contributed by atoms with E-state index in [9.17, 15) is 9.90 Å². The van der Waals surface area contributed by atoms with Crippen LogP contribution in [-0.4, -0.2) is 48.4 Å². The first-order chi connectivity index (χ1) is 12.1. The standard InChI is InChI=1S/C20H30N2O3/c1-15(23)17-10-12-22(14-17)20(24)21-11-5-13-25-19-9-4-7-16-6-2-3-8-18(16)19/h2-3,6,8,15,17,19,23H,4-5,7,9-14H2,1H3,(H,21,24). The molecule has 1 fully saturated rings. The van der Waals surface area contributed by atoms with Gasteiger partial charge in [0.05, 0.1) is 12.2 Å². The number of likely N-dealkylation sites (tertiary alicyclic amines) is 1. The van der Waals surface area contributed by atoms with E-state index in [1.165, 1.54) is 17.5 Å². The van der Waals surface area contributed by atoms with Crippen molar-refractivity contribution in [2.45, 2.75) is 51.2 Å². The fourth-order valence-electron chi connectivity index (χ4n) is 3.85. The Morgan fingerprint density at radius 3 is 3.04 bits per heavy atom. The summed E-state index contributed by atoms with van der Waals surface area (Å²) in [5.41, 5.74) is 2.74. The topological polar surface area (TPSA) is 61.8 Å². The smallest absolute Gasteiger partial charge is 0.317 e. The fraction of sp³-hybridized carbons (Fsp3) is 0.650. The molecule has 0 saturated carbocycles. The number of rotatable bonds is 6. The molecule has 0 bridgehead atoms. The normalized spacial score (nSPS) is 24.0. The molecular weight excluding hydrogens is 316 g/mol. The van der Waals surface area contributed by atoms with Crippen LogP contribution in [0.5, 0.6) is 0 Å². The summed E-state index contributed by atoms with van der Waals surface area (Å²) in [5.74, 6) is 0.209. The van der Waals surface area contributed by atoms with E-state index < -0.39 is 0 Å². The molecule has 5 heteroatoms. The number of ether oxygens (including phenoxy) is 1. The molecule has 138 valence electrons. The highest BCUT2D eigenvalue weighted by atomic mass is 16.5. The summed E-state index contributed by atoms with van der Waals surface area (Å²) in [6.45, 7) is 4.47. The van der Waals surface area contributed by atoms with Crippen molar-refractivity contribution in [3.05, 3.63) is 35.4 Å². The van der Waals surface area contributed by atoms with Gasteiger partial charge in [0.15, 0.2) is 0 Å². The van der Waals surface area contributed by atoms with Crippen LogP contribution in [-0.2, 0) is 11.2 Å². The lowest BCUT2D eigenvalue weighted by molar-refractivity contribution is 0.0395. The van der Waals surface area contributed by atoms with Crippen LogP contribution in [0.25, 0.3) is 0 Å². The zero-order valence-electron chi connectivity index (χ0n) is 15.1. The van der Waals surface area contributed by atoms with E-state index in [0.29, 0.717) is 19.7 Å². The summed E-state index contributed by atoms with van der Waals surface area (Å²) < 4.78 is 6.07. The van der Waals surface area contributed by atoms with E-state index in [0.717, 1.165) is 32.2 Å². The van der Waals surface area contributed by atoms with Crippen molar-refractivity contribution in [2.75, 3.05) is 26.2 Å². The van der Waals surface area contributed by atoms with E-state index in [2.05, 4.69) is 29.6 Å². The fourth-order valence-corrected chi connectivity index (χ4v) is 3.85. The van der Waals surface area contributed by atoms with Crippen molar-refractivity contribution in [2.24, 2.45) is 5.92 Å². The molecule has 1 aromatic rings. The molecule has 1 saturated heterocycles. The van der Waals surface area contributed by atoms with E-state index in [1.54, 1.807) is 11.8 Å². The van der Waals surface area contributed by atoms with E-state index in [1.807, 2.05) is 0 Å². The van der Waals surface area contributed by atoms with Crippen molar-refractivity contribution in [3.63, 3.8) is 0 Å². The molecule has 1 aromatic carbocycles. The second-order valence-electron chi connectivity index (χ2n) is 7.27. The Hall–Kier alpha value is -1.59. The Balaban J connectivity index is 1.34. The molecule has 0 radical (unpaired) electrons. The van der Waals surface area contributed by atoms with Crippen LogP contribution in [0.4, 0.5) is 4.79 Å². The van der Waals surface area contributed by atoms with E-state index >= 15 is 0 Å². The molecule has 3 rings (SSSR count). The second-order valence-corrected chi connectivity index (χ2v) is 7.27. The lowest BCUT2D eigenvalue weighted by Crippen LogP contribution is -2.39. The van der Waals surface area contributed by atoms with Gasteiger partial charge in [-0.05, 0) is 50.2 Å². The molecule has 25 heavy (non-hydrogen) atoms. The molecule has 1 heterocycles. The predicted octanol–water partition coefficient (Wildman–Crippen LogP) is 2.88. The Morgan fingerprint density at radius 1 is 1.40 bits per heavy atom. The molecule has 3 atom stereocenters. The number of carbonyl (C=O) groups is 1. The maximum Gasteiger partial charge on any atom is 0.317 e. The third-order valence-electron chi connectivity index (χ3n) is 5.42. The quantitative estimate of drug-likeness (QED) is 0.779. The van der Waals surface area contributed by atoms with Gasteiger partial charge in [0.1, 0.15) is 0 Å². The minimum Gasteiger partial charge on any atom is -0.393 e.